The lowest BCUT2D eigenvalue weighted by molar-refractivity contribution is -0.158. The van der Waals surface area contributed by atoms with Gasteiger partial charge < -0.3 is 4.74 Å². The van der Waals surface area contributed by atoms with Crippen LogP contribution in [0.3, 0.4) is 0 Å². The van der Waals surface area contributed by atoms with Crippen molar-refractivity contribution in [2.24, 2.45) is 10.8 Å². The highest BCUT2D eigenvalue weighted by molar-refractivity contribution is 6.47. The molecule has 3 nitrogen and oxygen atoms in total. The van der Waals surface area contributed by atoms with Gasteiger partial charge in [0.15, 0.2) is 5.60 Å². The van der Waals surface area contributed by atoms with E-state index in [1.807, 2.05) is 51.1 Å². The number of methoxy groups -OCH3 is 1. The number of allylic oxidation sites excluding steroid dienone is 1. The van der Waals surface area contributed by atoms with Crippen molar-refractivity contribution in [3.63, 3.8) is 0 Å². The van der Waals surface area contributed by atoms with Crippen molar-refractivity contribution in [3.8, 4) is 0 Å². The summed E-state index contributed by atoms with van der Waals surface area (Å²) in [7, 11) is 1.52. The van der Waals surface area contributed by atoms with E-state index in [9.17, 15) is 9.59 Å². The van der Waals surface area contributed by atoms with Crippen LogP contribution in [0.4, 0.5) is 0 Å². The second-order valence-corrected chi connectivity index (χ2v) is 8.96. The summed E-state index contributed by atoms with van der Waals surface area (Å²) in [6.45, 7) is 12.3. The standard InChI is InChI=1S/C21H26O3/c1-18(2,3)15-12-20(19(4,5)6)13-10-8-9-11-14(13)21(15,24-7)17(23)16(20)22/h8-12H,1-7H3/t20-,21-/m1/s1. The van der Waals surface area contributed by atoms with E-state index in [0.29, 0.717) is 0 Å². The van der Waals surface area contributed by atoms with Crippen molar-refractivity contribution in [2.75, 3.05) is 7.11 Å². The van der Waals surface area contributed by atoms with Crippen molar-refractivity contribution in [1.29, 1.82) is 0 Å². The second kappa shape index (κ2) is 4.66. The lowest BCUT2D eigenvalue weighted by Crippen LogP contribution is -2.65. The van der Waals surface area contributed by atoms with E-state index < -0.39 is 22.2 Å². The van der Waals surface area contributed by atoms with Crippen LogP contribution in [0.15, 0.2) is 35.9 Å². The number of fused-ring (bicyclic) bond motifs is 1. The summed E-state index contributed by atoms with van der Waals surface area (Å²) >= 11 is 0. The summed E-state index contributed by atoms with van der Waals surface area (Å²) in [6, 6.07) is 7.74. The fraction of sp³-hybridized carbons (Fsp3) is 0.524. The van der Waals surface area contributed by atoms with Crippen molar-refractivity contribution in [1.82, 2.24) is 0 Å². The number of hydrogen-bond donors (Lipinski definition) is 0. The molecule has 24 heavy (non-hydrogen) atoms. The number of carbonyl (C=O) groups excluding carboxylic acids is 2. The molecule has 0 aliphatic heterocycles. The third kappa shape index (κ3) is 1.71. The summed E-state index contributed by atoms with van der Waals surface area (Å²) in [5.41, 5.74) is -0.349. The highest BCUT2D eigenvalue weighted by atomic mass is 16.5. The molecule has 2 atom stereocenters. The minimum Gasteiger partial charge on any atom is -0.361 e. The molecule has 0 saturated heterocycles. The molecule has 1 aromatic rings. The molecule has 0 amide bonds. The first-order valence-electron chi connectivity index (χ1n) is 8.43. The minimum absolute atomic E-state index is 0.295. The first-order chi connectivity index (χ1) is 10.9. The van der Waals surface area contributed by atoms with E-state index >= 15 is 0 Å². The van der Waals surface area contributed by atoms with Gasteiger partial charge in [-0.3, -0.25) is 9.59 Å². The van der Waals surface area contributed by atoms with Gasteiger partial charge in [-0.05, 0) is 22.0 Å². The fourth-order valence-corrected chi connectivity index (χ4v) is 4.46. The fourth-order valence-electron chi connectivity index (χ4n) is 4.46. The SMILES string of the molecule is CO[C@@]12C(=O)C(=O)[C@@](C(C)(C)C)(C=C1C(C)(C)C)c1ccccc12. The summed E-state index contributed by atoms with van der Waals surface area (Å²) in [6.07, 6.45) is 2.03. The Labute approximate surface area is 144 Å². The molecule has 0 radical (unpaired) electrons. The summed E-state index contributed by atoms with van der Waals surface area (Å²) in [5.74, 6) is -0.797. The van der Waals surface area contributed by atoms with E-state index in [4.69, 9.17) is 4.74 Å². The molecule has 0 fully saturated rings. The number of carbonyl (C=O) groups is 2. The molecule has 0 aromatic heterocycles. The zero-order valence-electron chi connectivity index (χ0n) is 15.6. The Hall–Kier alpha value is -1.74. The Morgan fingerprint density at radius 3 is 1.88 bits per heavy atom. The lowest BCUT2D eigenvalue weighted by Gasteiger charge is -2.56. The number of rotatable bonds is 1. The van der Waals surface area contributed by atoms with Crippen LogP contribution in [0.5, 0.6) is 0 Å². The molecule has 3 aliphatic carbocycles. The number of ketones is 2. The van der Waals surface area contributed by atoms with Gasteiger partial charge in [0.1, 0.15) is 0 Å². The molecule has 3 aliphatic rings. The third-order valence-electron chi connectivity index (χ3n) is 5.65. The van der Waals surface area contributed by atoms with E-state index in [2.05, 4.69) is 20.8 Å². The van der Waals surface area contributed by atoms with Crippen LogP contribution < -0.4 is 0 Å². The Morgan fingerprint density at radius 1 is 0.875 bits per heavy atom. The first-order valence-corrected chi connectivity index (χ1v) is 8.43. The van der Waals surface area contributed by atoms with Gasteiger partial charge in [-0.15, -0.1) is 0 Å². The second-order valence-electron chi connectivity index (χ2n) is 8.96. The predicted molar refractivity (Wildman–Crippen MR) is 93.8 cm³/mol. The number of hydrogen-bond acceptors (Lipinski definition) is 3. The number of ether oxygens (including phenoxy) is 1. The van der Waals surface area contributed by atoms with Crippen LogP contribution in [0.25, 0.3) is 0 Å². The normalized spacial score (nSPS) is 29.5. The van der Waals surface area contributed by atoms with Gasteiger partial charge in [0.25, 0.3) is 0 Å². The molecule has 4 rings (SSSR count). The molecule has 0 N–H and O–H groups in total. The largest absolute Gasteiger partial charge is 0.361 e. The van der Waals surface area contributed by atoms with Crippen LogP contribution in [0.1, 0.15) is 52.7 Å². The van der Waals surface area contributed by atoms with Gasteiger partial charge in [0.2, 0.25) is 11.6 Å². The molecule has 3 heteroatoms. The van der Waals surface area contributed by atoms with Crippen molar-refractivity contribution >= 4 is 11.6 Å². The Balaban J connectivity index is 2.55. The van der Waals surface area contributed by atoms with Crippen LogP contribution in [-0.2, 0) is 25.3 Å². The summed E-state index contributed by atoms with van der Waals surface area (Å²) < 4.78 is 5.83. The van der Waals surface area contributed by atoms with Crippen molar-refractivity contribution < 1.29 is 14.3 Å². The van der Waals surface area contributed by atoms with Gasteiger partial charge in [-0.1, -0.05) is 71.9 Å². The zero-order valence-corrected chi connectivity index (χ0v) is 15.6. The monoisotopic (exact) mass is 326 g/mol. The number of benzene rings is 1. The van der Waals surface area contributed by atoms with E-state index in [0.717, 1.165) is 16.7 Å². The Morgan fingerprint density at radius 2 is 1.42 bits per heavy atom. The lowest BCUT2D eigenvalue weighted by atomic mass is 9.46. The van der Waals surface area contributed by atoms with Crippen molar-refractivity contribution in [2.45, 2.75) is 52.6 Å². The molecule has 0 heterocycles. The summed E-state index contributed by atoms with van der Waals surface area (Å²) in [4.78, 5) is 26.6. The topological polar surface area (TPSA) is 43.4 Å². The van der Waals surface area contributed by atoms with Crippen molar-refractivity contribution in [3.05, 3.63) is 47.0 Å². The van der Waals surface area contributed by atoms with Gasteiger partial charge in [-0.25, -0.2) is 0 Å². The average Bonchev–Trinajstić information content (AvgIpc) is 2.49. The first kappa shape index (κ1) is 17.1. The quantitative estimate of drug-likeness (QED) is 0.580. The molecular weight excluding hydrogens is 300 g/mol. The summed E-state index contributed by atoms with van der Waals surface area (Å²) in [5, 5.41) is 0. The molecule has 0 unspecified atom stereocenters. The third-order valence-corrected chi connectivity index (χ3v) is 5.65. The molecular formula is C21H26O3. The van der Waals surface area contributed by atoms with Crippen LogP contribution in [0.2, 0.25) is 0 Å². The molecule has 1 aromatic carbocycles. The van der Waals surface area contributed by atoms with Gasteiger partial charge in [0, 0.05) is 12.7 Å². The van der Waals surface area contributed by atoms with E-state index in [-0.39, 0.29) is 11.2 Å². The van der Waals surface area contributed by atoms with Crippen LogP contribution in [0, 0.1) is 10.8 Å². The molecule has 0 saturated carbocycles. The predicted octanol–water partition coefficient (Wildman–Crippen LogP) is 3.95. The maximum Gasteiger partial charge on any atom is 0.240 e. The highest BCUT2D eigenvalue weighted by Crippen LogP contribution is 2.61. The van der Waals surface area contributed by atoms with E-state index in [1.165, 1.54) is 7.11 Å². The van der Waals surface area contributed by atoms with Gasteiger partial charge in [-0.2, -0.15) is 0 Å². The molecule has 128 valence electrons. The molecule has 0 spiro atoms. The highest BCUT2D eigenvalue weighted by Gasteiger charge is 2.68. The zero-order chi connectivity index (χ0) is 18.1. The van der Waals surface area contributed by atoms with Crippen LogP contribution in [-0.4, -0.2) is 18.7 Å². The van der Waals surface area contributed by atoms with Crippen LogP contribution >= 0.6 is 0 Å². The maximum absolute atomic E-state index is 13.3. The Kier molecular flexibility index (Phi) is 3.32. The van der Waals surface area contributed by atoms with Gasteiger partial charge in [0.05, 0.1) is 5.41 Å². The average molecular weight is 326 g/mol. The smallest absolute Gasteiger partial charge is 0.240 e. The molecule has 2 bridgehead atoms. The number of Topliss-reactive ketones (excluding diaryl/α,β-unsaturated/α-hetero) is 2. The minimum atomic E-state index is -1.29. The maximum atomic E-state index is 13.3. The Bertz CT molecular complexity index is 773. The van der Waals surface area contributed by atoms with E-state index in [1.54, 1.807) is 0 Å². The van der Waals surface area contributed by atoms with Gasteiger partial charge >= 0.3 is 0 Å².